The quantitative estimate of drug-likeness (QED) is 0.493. The van der Waals surface area contributed by atoms with Crippen LogP contribution in [-0.2, 0) is 9.53 Å². The van der Waals surface area contributed by atoms with E-state index in [1.54, 1.807) is 4.90 Å². The molecule has 0 radical (unpaired) electrons. The van der Waals surface area contributed by atoms with E-state index in [-0.39, 0.29) is 11.8 Å². The molecule has 0 aromatic carbocycles. The van der Waals surface area contributed by atoms with Gasteiger partial charge in [-0.3, -0.25) is 4.79 Å². The summed E-state index contributed by atoms with van der Waals surface area (Å²) in [5.41, 5.74) is 0. The van der Waals surface area contributed by atoms with Gasteiger partial charge in [0.15, 0.2) is 0 Å². The molecule has 9 heavy (non-hydrogen) atoms. The third-order valence-corrected chi connectivity index (χ3v) is 1.45. The molecule has 0 aromatic heterocycles. The average molecular weight is 150 g/mol. The molecule has 0 aromatic rings. The van der Waals surface area contributed by atoms with Gasteiger partial charge < -0.3 is 9.64 Å². The van der Waals surface area contributed by atoms with E-state index in [0.717, 1.165) is 0 Å². The Bertz CT molecular complexity index is 112. The number of hydrogen-bond donors (Lipinski definition) is 0. The highest BCUT2D eigenvalue weighted by molar-refractivity contribution is 6.27. The minimum Gasteiger partial charge on any atom is -0.359 e. The van der Waals surface area contributed by atoms with Gasteiger partial charge in [0.25, 0.3) is 0 Å². The predicted molar refractivity (Wildman–Crippen MR) is 33.3 cm³/mol. The molecule has 1 aliphatic heterocycles. The molecule has 1 amide bonds. The van der Waals surface area contributed by atoms with Gasteiger partial charge in [0.1, 0.15) is 12.6 Å². The van der Waals surface area contributed by atoms with Gasteiger partial charge in [-0.05, 0) is 0 Å². The Kier molecular flexibility index (Phi) is 2.30. The fraction of sp³-hybridized carbons (Fsp3) is 0.800. The highest BCUT2D eigenvalue weighted by Gasteiger charge is 2.16. The normalized spacial score (nSPS) is 18.6. The maximum atomic E-state index is 10.7. The molecule has 0 bridgehead atoms. The van der Waals surface area contributed by atoms with Crippen LogP contribution < -0.4 is 0 Å². The van der Waals surface area contributed by atoms with Crippen molar-refractivity contribution in [2.75, 3.05) is 25.8 Å². The summed E-state index contributed by atoms with van der Waals surface area (Å²) in [6.45, 7) is 1.74. The first-order valence-corrected chi connectivity index (χ1v) is 3.29. The number of rotatable bonds is 1. The number of nitrogens with zero attached hydrogens (tertiary/aromatic N) is 1. The first-order chi connectivity index (χ1) is 4.34. The Morgan fingerprint density at radius 1 is 1.78 bits per heavy atom. The Hall–Kier alpha value is -0.280. The molecule has 52 valence electrons. The molecule has 3 nitrogen and oxygen atoms in total. The summed E-state index contributed by atoms with van der Waals surface area (Å²) >= 11 is 5.29. The summed E-state index contributed by atoms with van der Waals surface area (Å²) in [5.74, 6) is 0.0118. The highest BCUT2D eigenvalue weighted by atomic mass is 35.5. The summed E-state index contributed by atoms with van der Waals surface area (Å²) in [6, 6.07) is 0. The second kappa shape index (κ2) is 3.03. The number of ether oxygens (including phenoxy) is 1. The summed E-state index contributed by atoms with van der Waals surface area (Å²) in [6.07, 6.45) is 0. The smallest absolute Gasteiger partial charge is 0.239 e. The third kappa shape index (κ3) is 1.56. The van der Waals surface area contributed by atoms with E-state index in [0.29, 0.717) is 19.9 Å². The molecule has 1 rings (SSSR count). The Balaban J connectivity index is 2.32. The number of carbonyl (C=O) groups excluding carboxylic acids is 1. The number of carbonyl (C=O) groups is 1. The zero-order valence-corrected chi connectivity index (χ0v) is 5.73. The van der Waals surface area contributed by atoms with Gasteiger partial charge in [-0.1, -0.05) is 0 Å². The lowest BCUT2D eigenvalue weighted by Crippen LogP contribution is -2.28. The number of hydrogen-bond acceptors (Lipinski definition) is 2. The summed E-state index contributed by atoms with van der Waals surface area (Å²) in [7, 11) is 0. The fourth-order valence-corrected chi connectivity index (χ4v) is 0.864. The number of amides is 1. The van der Waals surface area contributed by atoms with Crippen LogP contribution in [0.1, 0.15) is 0 Å². The molecule has 1 saturated heterocycles. The van der Waals surface area contributed by atoms with E-state index in [1.165, 1.54) is 0 Å². The van der Waals surface area contributed by atoms with Gasteiger partial charge >= 0.3 is 0 Å². The second-order valence-corrected chi connectivity index (χ2v) is 2.10. The lowest BCUT2D eigenvalue weighted by Gasteiger charge is -2.09. The molecule has 0 unspecified atom stereocenters. The Morgan fingerprint density at radius 2 is 2.56 bits per heavy atom. The largest absolute Gasteiger partial charge is 0.359 e. The van der Waals surface area contributed by atoms with Crippen LogP contribution >= 0.6 is 11.6 Å². The van der Waals surface area contributed by atoms with Crippen LogP contribution in [0.4, 0.5) is 0 Å². The molecule has 0 saturated carbocycles. The van der Waals surface area contributed by atoms with Crippen molar-refractivity contribution in [3.05, 3.63) is 0 Å². The van der Waals surface area contributed by atoms with Crippen molar-refractivity contribution in [3.8, 4) is 0 Å². The second-order valence-electron chi connectivity index (χ2n) is 1.83. The van der Waals surface area contributed by atoms with E-state index in [2.05, 4.69) is 0 Å². The minimum atomic E-state index is -0.0471. The van der Waals surface area contributed by atoms with Gasteiger partial charge in [0, 0.05) is 6.54 Å². The van der Waals surface area contributed by atoms with Crippen LogP contribution in [0.5, 0.6) is 0 Å². The van der Waals surface area contributed by atoms with Gasteiger partial charge in [0.2, 0.25) is 5.91 Å². The lowest BCUT2D eigenvalue weighted by atomic mass is 10.5. The molecule has 1 heterocycles. The topological polar surface area (TPSA) is 29.5 Å². The maximum Gasteiger partial charge on any atom is 0.239 e. The summed E-state index contributed by atoms with van der Waals surface area (Å²) < 4.78 is 4.93. The minimum absolute atomic E-state index is 0.0471. The van der Waals surface area contributed by atoms with Crippen LogP contribution in [0.2, 0.25) is 0 Å². The van der Waals surface area contributed by atoms with Crippen molar-refractivity contribution in [3.63, 3.8) is 0 Å². The average Bonchev–Trinajstić information content (AvgIpc) is 2.37. The van der Waals surface area contributed by atoms with Crippen molar-refractivity contribution in [2.45, 2.75) is 0 Å². The molecule has 0 aliphatic carbocycles. The monoisotopic (exact) mass is 149 g/mol. The van der Waals surface area contributed by atoms with Crippen molar-refractivity contribution < 1.29 is 9.53 Å². The Labute approximate surface area is 58.5 Å². The zero-order valence-electron chi connectivity index (χ0n) is 4.97. The molecule has 4 heteroatoms. The van der Waals surface area contributed by atoms with Gasteiger partial charge in [-0.25, -0.2) is 0 Å². The van der Waals surface area contributed by atoms with Crippen molar-refractivity contribution >= 4 is 17.5 Å². The van der Waals surface area contributed by atoms with Crippen LogP contribution in [0.3, 0.4) is 0 Å². The number of halogens is 1. The molecule has 1 fully saturated rings. The fourth-order valence-electron chi connectivity index (χ4n) is 0.695. The van der Waals surface area contributed by atoms with Crippen LogP contribution in [0.25, 0.3) is 0 Å². The highest BCUT2D eigenvalue weighted by Crippen LogP contribution is 1.99. The Morgan fingerprint density at radius 3 is 3.00 bits per heavy atom. The summed E-state index contributed by atoms with van der Waals surface area (Å²) in [4.78, 5) is 12.3. The van der Waals surface area contributed by atoms with E-state index in [1.807, 2.05) is 0 Å². The van der Waals surface area contributed by atoms with Crippen LogP contribution in [0, 0.1) is 0 Å². The lowest BCUT2D eigenvalue weighted by molar-refractivity contribution is -0.128. The van der Waals surface area contributed by atoms with Gasteiger partial charge in [0.05, 0.1) is 6.61 Å². The molecular weight excluding hydrogens is 142 g/mol. The third-order valence-electron chi connectivity index (χ3n) is 1.22. The van der Waals surface area contributed by atoms with Crippen molar-refractivity contribution in [1.82, 2.24) is 4.90 Å². The van der Waals surface area contributed by atoms with Crippen molar-refractivity contribution in [1.29, 1.82) is 0 Å². The van der Waals surface area contributed by atoms with E-state index < -0.39 is 0 Å². The maximum absolute atomic E-state index is 10.7. The standard InChI is InChI=1S/C5H8ClNO2/c6-3-5(8)7-1-2-9-4-7/h1-4H2. The molecule has 0 spiro atoms. The van der Waals surface area contributed by atoms with Crippen molar-refractivity contribution in [2.24, 2.45) is 0 Å². The molecule has 1 aliphatic rings. The van der Waals surface area contributed by atoms with Crippen LogP contribution in [-0.4, -0.2) is 36.6 Å². The predicted octanol–water partition coefficient (Wildman–Crippen LogP) is 0.0415. The molecule has 0 atom stereocenters. The van der Waals surface area contributed by atoms with E-state index >= 15 is 0 Å². The summed E-state index contributed by atoms with van der Waals surface area (Å²) in [5, 5.41) is 0. The van der Waals surface area contributed by atoms with Crippen LogP contribution in [0.15, 0.2) is 0 Å². The SMILES string of the molecule is O=C(CCl)N1CCOC1. The molecular formula is C5H8ClNO2. The van der Waals surface area contributed by atoms with E-state index in [4.69, 9.17) is 16.3 Å². The first kappa shape index (κ1) is 6.83. The van der Waals surface area contributed by atoms with Gasteiger partial charge in [-0.15, -0.1) is 11.6 Å². The van der Waals surface area contributed by atoms with Gasteiger partial charge in [-0.2, -0.15) is 0 Å². The molecule has 0 N–H and O–H groups in total. The zero-order chi connectivity index (χ0) is 6.69. The number of alkyl halides is 1. The first-order valence-electron chi connectivity index (χ1n) is 2.76. The van der Waals surface area contributed by atoms with E-state index in [9.17, 15) is 4.79 Å².